The van der Waals surface area contributed by atoms with Crippen molar-refractivity contribution in [3.05, 3.63) is 76.4 Å². The summed E-state index contributed by atoms with van der Waals surface area (Å²) in [5.41, 5.74) is 3.05. The van der Waals surface area contributed by atoms with E-state index in [1.165, 1.54) is 0 Å². The molecule has 0 spiro atoms. The fourth-order valence-corrected chi connectivity index (χ4v) is 5.30. The zero-order chi connectivity index (χ0) is 25.4. The normalized spacial score (nSPS) is 20.5. The Labute approximate surface area is 214 Å². The number of imide groups is 1. The summed E-state index contributed by atoms with van der Waals surface area (Å²) in [5.74, 6) is -0.265. The minimum absolute atomic E-state index is 0.0371. The molecule has 0 bridgehead atoms. The minimum Gasteiger partial charge on any atom is -0.339 e. The molecule has 8 nitrogen and oxygen atoms in total. The maximum Gasteiger partial charge on any atom is 0.322 e. The van der Waals surface area contributed by atoms with Crippen molar-refractivity contribution in [3.63, 3.8) is 0 Å². The highest BCUT2D eigenvalue weighted by molar-refractivity contribution is 6.30. The Morgan fingerprint density at radius 3 is 2.31 bits per heavy atom. The number of H-pyrrole nitrogens is 1. The molecular formula is C27H28ClN5O3. The van der Waals surface area contributed by atoms with Crippen molar-refractivity contribution in [2.24, 2.45) is 5.92 Å². The quantitative estimate of drug-likeness (QED) is 0.445. The Bertz CT molecular complexity index is 1290. The van der Waals surface area contributed by atoms with Gasteiger partial charge in [-0.1, -0.05) is 49.7 Å². The predicted octanol–water partition coefficient (Wildman–Crippen LogP) is 4.44. The smallest absolute Gasteiger partial charge is 0.322 e. The molecule has 3 heterocycles. The minimum atomic E-state index is -1.13. The summed E-state index contributed by atoms with van der Waals surface area (Å²) in [6.45, 7) is 5.06. The summed E-state index contributed by atoms with van der Waals surface area (Å²) < 4.78 is 0. The number of nitrogens with one attached hydrogen (secondary N) is 3. The van der Waals surface area contributed by atoms with Gasteiger partial charge in [-0.15, -0.1) is 0 Å². The number of likely N-dealkylation sites (tertiary alicyclic amines) is 1. The summed E-state index contributed by atoms with van der Waals surface area (Å²) in [4.78, 5) is 39.4. The summed E-state index contributed by atoms with van der Waals surface area (Å²) in [6, 6.07) is 16.2. The predicted molar refractivity (Wildman–Crippen MR) is 137 cm³/mol. The highest BCUT2D eigenvalue weighted by Gasteiger charge is 2.50. The Kier molecular flexibility index (Phi) is 6.30. The van der Waals surface area contributed by atoms with Crippen molar-refractivity contribution in [1.82, 2.24) is 25.7 Å². The molecule has 36 heavy (non-hydrogen) atoms. The molecule has 2 aromatic carbocycles. The van der Waals surface area contributed by atoms with Gasteiger partial charge < -0.3 is 10.2 Å². The molecule has 4 amide bonds. The van der Waals surface area contributed by atoms with E-state index in [4.69, 9.17) is 11.6 Å². The average Bonchev–Trinajstić information content (AvgIpc) is 3.49. The molecule has 0 unspecified atom stereocenters. The van der Waals surface area contributed by atoms with Crippen molar-refractivity contribution in [2.75, 3.05) is 13.1 Å². The summed E-state index contributed by atoms with van der Waals surface area (Å²) in [5, 5.41) is 13.4. The lowest BCUT2D eigenvalue weighted by Gasteiger charge is -2.32. The summed E-state index contributed by atoms with van der Waals surface area (Å²) >= 11 is 5.98. The van der Waals surface area contributed by atoms with Crippen LogP contribution < -0.4 is 10.6 Å². The number of amides is 4. The van der Waals surface area contributed by atoms with Crippen LogP contribution in [0.1, 0.15) is 54.2 Å². The van der Waals surface area contributed by atoms with Crippen molar-refractivity contribution < 1.29 is 14.4 Å². The molecular weight excluding hydrogens is 478 g/mol. The van der Waals surface area contributed by atoms with Crippen molar-refractivity contribution in [1.29, 1.82) is 0 Å². The van der Waals surface area contributed by atoms with E-state index in [9.17, 15) is 14.4 Å². The SMILES string of the molecule is CC(C)[C@]1(c2ccc(C(=O)N3CCC(c4cc(-c5ccc(Cl)cc5)n[nH]4)CC3)cc2)NC(=O)NC1=O. The Hall–Kier alpha value is -3.65. The standard InChI is InChI=1S/C27H28ClN5O3/c1-16(2)27(25(35)29-26(36)30-27)20-7-3-19(4-8-20)24(34)33-13-11-18(12-14-33)23-15-22(31-32-23)17-5-9-21(28)10-6-17/h3-10,15-16,18H,11-14H2,1-2H3,(H,31,32)(H2,29,30,35,36)/t27-/m1/s1. The van der Waals surface area contributed by atoms with Crippen molar-refractivity contribution in [3.8, 4) is 11.3 Å². The number of piperidine rings is 1. The van der Waals surface area contributed by atoms with E-state index in [1.807, 2.05) is 43.0 Å². The second-order valence-electron chi connectivity index (χ2n) is 9.73. The number of carbonyl (C=O) groups is 3. The average molecular weight is 506 g/mol. The fraction of sp³-hybridized carbons (Fsp3) is 0.333. The Balaban J connectivity index is 1.24. The molecule has 186 valence electrons. The van der Waals surface area contributed by atoms with E-state index in [2.05, 4.69) is 26.9 Å². The maximum absolute atomic E-state index is 13.2. The van der Waals surface area contributed by atoms with Gasteiger partial charge in [0.05, 0.1) is 5.69 Å². The number of carbonyl (C=O) groups excluding carboxylic acids is 3. The molecule has 3 aromatic rings. The molecule has 2 aliphatic heterocycles. The zero-order valence-corrected chi connectivity index (χ0v) is 20.9. The number of aromatic nitrogens is 2. The zero-order valence-electron chi connectivity index (χ0n) is 20.2. The number of aromatic amines is 1. The van der Waals surface area contributed by atoms with Gasteiger partial charge in [0.15, 0.2) is 0 Å². The monoisotopic (exact) mass is 505 g/mol. The van der Waals surface area contributed by atoms with Crippen LogP contribution >= 0.6 is 11.6 Å². The summed E-state index contributed by atoms with van der Waals surface area (Å²) in [6.07, 6.45) is 1.68. The first-order valence-electron chi connectivity index (χ1n) is 12.1. The number of nitrogens with zero attached hydrogens (tertiary/aromatic N) is 2. The van der Waals surface area contributed by atoms with Crippen LogP contribution in [0.2, 0.25) is 5.02 Å². The molecule has 0 saturated carbocycles. The largest absolute Gasteiger partial charge is 0.339 e. The third kappa shape index (κ3) is 4.26. The third-order valence-corrected chi connectivity index (χ3v) is 7.56. The van der Waals surface area contributed by atoms with Crippen molar-refractivity contribution >= 4 is 29.4 Å². The first-order chi connectivity index (χ1) is 17.3. The van der Waals surface area contributed by atoms with Crippen LogP contribution in [0.3, 0.4) is 0 Å². The molecule has 1 atom stereocenters. The molecule has 9 heteroatoms. The Morgan fingerprint density at radius 2 is 1.72 bits per heavy atom. The van der Waals surface area contributed by atoms with Crippen molar-refractivity contribution in [2.45, 2.75) is 38.1 Å². The lowest BCUT2D eigenvalue weighted by Crippen LogP contribution is -2.48. The number of hydrogen-bond acceptors (Lipinski definition) is 4. The van der Waals surface area contributed by atoms with Crippen LogP contribution in [-0.4, -0.2) is 46.0 Å². The van der Waals surface area contributed by atoms with Crippen LogP contribution in [0.4, 0.5) is 4.79 Å². The fourth-order valence-electron chi connectivity index (χ4n) is 5.18. The van der Waals surface area contributed by atoms with Gasteiger partial charge in [-0.2, -0.15) is 5.10 Å². The number of rotatable bonds is 5. The summed E-state index contributed by atoms with van der Waals surface area (Å²) in [7, 11) is 0. The van der Waals surface area contributed by atoms with Gasteiger partial charge in [-0.05, 0) is 54.7 Å². The second kappa shape index (κ2) is 9.43. The van der Waals surface area contributed by atoms with E-state index in [1.54, 1.807) is 24.3 Å². The molecule has 0 radical (unpaired) electrons. The second-order valence-corrected chi connectivity index (χ2v) is 10.2. The number of halogens is 1. The van der Waals surface area contributed by atoms with Gasteiger partial charge in [0.25, 0.3) is 11.8 Å². The third-order valence-electron chi connectivity index (χ3n) is 7.31. The molecule has 0 aliphatic carbocycles. The van der Waals surface area contributed by atoms with Crippen LogP contribution in [-0.2, 0) is 10.3 Å². The van der Waals surface area contributed by atoms with Crippen LogP contribution in [0.15, 0.2) is 54.6 Å². The van der Waals surface area contributed by atoms with E-state index in [0.717, 1.165) is 29.8 Å². The molecule has 5 rings (SSSR count). The van der Waals surface area contributed by atoms with Crippen LogP contribution in [0.25, 0.3) is 11.3 Å². The molecule has 2 fully saturated rings. The molecule has 1 aromatic heterocycles. The van der Waals surface area contributed by atoms with Gasteiger partial charge in [-0.25, -0.2) is 4.79 Å². The van der Waals surface area contributed by atoms with Gasteiger partial charge in [0.2, 0.25) is 0 Å². The van der Waals surface area contributed by atoms with E-state index in [-0.39, 0.29) is 17.7 Å². The highest BCUT2D eigenvalue weighted by Crippen LogP contribution is 2.34. The number of hydrogen-bond donors (Lipinski definition) is 3. The van der Waals surface area contributed by atoms with E-state index >= 15 is 0 Å². The van der Waals surface area contributed by atoms with E-state index < -0.39 is 11.6 Å². The lowest BCUT2D eigenvalue weighted by atomic mass is 9.79. The molecule has 2 aliphatic rings. The van der Waals surface area contributed by atoms with Crippen LogP contribution in [0.5, 0.6) is 0 Å². The Morgan fingerprint density at radius 1 is 1.06 bits per heavy atom. The molecule has 3 N–H and O–H groups in total. The van der Waals surface area contributed by atoms with Gasteiger partial charge in [-0.3, -0.25) is 20.0 Å². The lowest BCUT2D eigenvalue weighted by molar-refractivity contribution is -0.125. The van der Waals surface area contributed by atoms with Crippen LogP contribution in [0, 0.1) is 5.92 Å². The first kappa shape index (κ1) is 24.1. The highest BCUT2D eigenvalue weighted by atomic mass is 35.5. The van der Waals surface area contributed by atoms with Gasteiger partial charge in [0.1, 0.15) is 5.54 Å². The van der Waals surface area contributed by atoms with Gasteiger partial charge >= 0.3 is 6.03 Å². The molecule has 2 saturated heterocycles. The van der Waals surface area contributed by atoms with E-state index in [0.29, 0.717) is 35.2 Å². The topological polar surface area (TPSA) is 107 Å². The maximum atomic E-state index is 13.2. The van der Waals surface area contributed by atoms with Gasteiger partial charge in [0, 0.05) is 40.9 Å². The number of urea groups is 1. The number of benzene rings is 2. The first-order valence-corrected chi connectivity index (χ1v) is 12.5.